The van der Waals surface area contributed by atoms with E-state index >= 15 is 0 Å². The van der Waals surface area contributed by atoms with Crippen LogP contribution in [0.3, 0.4) is 0 Å². The van der Waals surface area contributed by atoms with Gasteiger partial charge in [-0.2, -0.15) is 0 Å². The second-order valence-corrected chi connectivity index (χ2v) is 3.44. The molecular formula is C12H16FNO2. The van der Waals surface area contributed by atoms with Crippen molar-refractivity contribution in [1.29, 1.82) is 0 Å². The maximum atomic E-state index is 13.0. The standard InChI is InChI=1S/C12H16FNO2/c1-4-14(12(15)9(2)16-3)11-7-5-6-10(13)8-11/h5-9H,4H2,1-3H3. The lowest BCUT2D eigenvalue weighted by Crippen LogP contribution is -2.38. The number of amides is 1. The van der Waals surface area contributed by atoms with Crippen molar-refractivity contribution in [2.24, 2.45) is 0 Å². The first kappa shape index (κ1) is 12.6. The third-order valence-corrected chi connectivity index (χ3v) is 2.40. The predicted molar refractivity (Wildman–Crippen MR) is 60.9 cm³/mol. The molecule has 0 radical (unpaired) electrons. The Hall–Kier alpha value is -1.42. The van der Waals surface area contributed by atoms with Crippen molar-refractivity contribution in [3.05, 3.63) is 30.1 Å². The molecule has 1 unspecified atom stereocenters. The summed E-state index contributed by atoms with van der Waals surface area (Å²) in [5, 5.41) is 0. The minimum Gasteiger partial charge on any atom is -0.372 e. The molecule has 88 valence electrons. The minimum atomic E-state index is -0.525. The monoisotopic (exact) mass is 225 g/mol. The van der Waals surface area contributed by atoms with Gasteiger partial charge in [0.1, 0.15) is 11.9 Å². The average molecular weight is 225 g/mol. The van der Waals surface area contributed by atoms with Crippen LogP contribution in [0.15, 0.2) is 24.3 Å². The highest BCUT2D eigenvalue weighted by Crippen LogP contribution is 2.16. The fourth-order valence-electron chi connectivity index (χ4n) is 1.43. The van der Waals surface area contributed by atoms with Gasteiger partial charge in [-0.15, -0.1) is 0 Å². The van der Waals surface area contributed by atoms with E-state index < -0.39 is 6.10 Å². The molecule has 0 spiro atoms. The molecule has 4 heteroatoms. The van der Waals surface area contributed by atoms with Gasteiger partial charge in [-0.3, -0.25) is 4.79 Å². The number of ether oxygens (including phenoxy) is 1. The number of carbonyl (C=O) groups is 1. The SMILES string of the molecule is CCN(C(=O)C(C)OC)c1cccc(F)c1. The summed E-state index contributed by atoms with van der Waals surface area (Å²) in [6.45, 7) is 3.99. The number of methoxy groups -OCH3 is 1. The Morgan fingerprint density at radius 2 is 2.25 bits per heavy atom. The zero-order chi connectivity index (χ0) is 12.1. The number of hydrogen-bond donors (Lipinski definition) is 0. The Balaban J connectivity index is 2.94. The number of halogens is 1. The van der Waals surface area contributed by atoms with Gasteiger partial charge in [0.2, 0.25) is 0 Å². The zero-order valence-corrected chi connectivity index (χ0v) is 9.74. The van der Waals surface area contributed by atoms with Crippen LogP contribution in [-0.2, 0) is 9.53 Å². The van der Waals surface area contributed by atoms with E-state index in [9.17, 15) is 9.18 Å². The van der Waals surface area contributed by atoms with Crippen LogP contribution in [0.4, 0.5) is 10.1 Å². The van der Waals surface area contributed by atoms with Crippen molar-refractivity contribution in [2.75, 3.05) is 18.6 Å². The lowest BCUT2D eigenvalue weighted by Gasteiger charge is -2.23. The van der Waals surface area contributed by atoms with E-state index in [2.05, 4.69) is 0 Å². The maximum absolute atomic E-state index is 13.0. The predicted octanol–water partition coefficient (Wildman–Crippen LogP) is 2.21. The number of likely N-dealkylation sites (N-methyl/N-ethyl adjacent to an activating group) is 1. The van der Waals surface area contributed by atoms with Crippen LogP contribution in [0.1, 0.15) is 13.8 Å². The average Bonchev–Trinajstić information content (AvgIpc) is 2.29. The highest BCUT2D eigenvalue weighted by Gasteiger charge is 2.20. The molecule has 0 aliphatic heterocycles. The first-order valence-electron chi connectivity index (χ1n) is 5.19. The molecule has 1 rings (SSSR count). The molecule has 0 bridgehead atoms. The number of rotatable bonds is 4. The lowest BCUT2D eigenvalue weighted by molar-refractivity contribution is -0.127. The maximum Gasteiger partial charge on any atom is 0.255 e. The first-order chi connectivity index (χ1) is 7.60. The molecule has 0 fully saturated rings. The van der Waals surface area contributed by atoms with Crippen molar-refractivity contribution >= 4 is 11.6 Å². The zero-order valence-electron chi connectivity index (χ0n) is 9.74. The molecule has 1 amide bonds. The third kappa shape index (κ3) is 2.79. The van der Waals surface area contributed by atoms with Gasteiger partial charge in [0.15, 0.2) is 0 Å². The van der Waals surface area contributed by atoms with Crippen molar-refractivity contribution < 1.29 is 13.9 Å². The molecule has 3 nitrogen and oxygen atoms in total. The van der Waals surface area contributed by atoms with E-state index in [1.54, 1.807) is 19.1 Å². The Morgan fingerprint density at radius 3 is 2.75 bits per heavy atom. The number of nitrogens with zero attached hydrogens (tertiary/aromatic N) is 1. The van der Waals surface area contributed by atoms with Crippen LogP contribution in [0.25, 0.3) is 0 Å². The van der Waals surface area contributed by atoms with Crippen LogP contribution in [-0.4, -0.2) is 25.7 Å². The first-order valence-corrected chi connectivity index (χ1v) is 5.19. The van der Waals surface area contributed by atoms with Gasteiger partial charge >= 0.3 is 0 Å². The topological polar surface area (TPSA) is 29.5 Å². The minimum absolute atomic E-state index is 0.171. The van der Waals surface area contributed by atoms with Gasteiger partial charge in [-0.25, -0.2) is 4.39 Å². The van der Waals surface area contributed by atoms with Gasteiger partial charge < -0.3 is 9.64 Å². The van der Waals surface area contributed by atoms with E-state index in [4.69, 9.17) is 4.74 Å². The molecule has 0 saturated carbocycles. The van der Waals surface area contributed by atoms with Crippen molar-refractivity contribution in [1.82, 2.24) is 0 Å². The molecule has 0 aromatic heterocycles. The smallest absolute Gasteiger partial charge is 0.255 e. The molecule has 0 aliphatic carbocycles. The summed E-state index contributed by atoms with van der Waals surface area (Å²) >= 11 is 0. The van der Waals surface area contributed by atoms with Gasteiger partial charge in [0.05, 0.1) is 0 Å². The summed E-state index contributed by atoms with van der Waals surface area (Å²) in [6.07, 6.45) is -0.525. The van der Waals surface area contributed by atoms with Crippen LogP contribution in [0, 0.1) is 5.82 Å². The van der Waals surface area contributed by atoms with Gasteiger partial charge in [0.25, 0.3) is 5.91 Å². The van der Waals surface area contributed by atoms with Gasteiger partial charge in [-0.05, 0) is 32.0 Å². The summed E-state index contributed by atoms with van der Waals surface area (Å²) in [7, 11) is 1.47. The molecule has 16 heavy (non-hydrogen) atoms. The Labute approximate surface area is 94.8 Å². The van der Waals surface area contributed by atoms with E-state index in [-0.39, 0.29) is 11.7 Å². The summed E-state index contributed by atoms with van der Waals surface area (Å²) in [6, 6.07) is 5.97. The number of hydrogen-bond acceptors (Lipinski definition) is 2. The van der Waals surface area contributed by atoms with E-state index in [1.807, 2.05) is 6.92 Å². The quantitative estimate of drug-likeness (QED) is 0.786. The summed E-state index contributed by atoms with van der Waals surface area (Å²) in [5.74, 6) is -0.524. The van der Waals surface area contributed by atoms with E-state index in [0.29, 0.717) is 12.2 Å². The summed E-state index contributed by atoms with van der Waals surface area (Å²) in [5.41, 5.74) is 0.552. The Morgan fingerprint density at radius 1 is 1.56 bits per heavy atom. The third-order valence-electron chi connectivity index (χ3n) is 2.40. The number of carbonyl (C=O) groups excluding carboxylic acids is 1. The molecule has 0 saturated heterocycles. The number of anilines is 1. The summed E-state index contributed by atoms with van der Waals surface area (Å²) in [4.78, 5) is 13.4. The van der Waals surface area contributed by atoms with Crippen LogP contribution in [0.5, 0.6) is 0 Å². The second-order valence-electron chi connectivity index (χ2n) is 3.44. The van der Waals surface area contributed by atoms with E-state index in [0.717, 1.165) is 0 Å². The number of benzene rings is 1. The second kappa shape index (κ2) is 5.61. The normalized spacial score (nSPS) is 12.2. The van der Waals surface area contributed by atoms with Crippen molar-refractivity contribution in [2.45, 2.75) is 20.0 Å². The van der Waals surface area contributed by atoms with E-state index in [1.165, 1.54) is 24.1 Å². The molecule has 0 N–H and O–H groups in total. The molecule has 1 aromatic carbocycles. The Kier molecular flexibility index (Phi) is 4.43. The van der Waals surface area contributed by atoms with Crippen molar-refractivity contribution in [3.8, 4) is 0 Å². The fourth-order valence-corrected chi connectivity index (χ4v) is 1.43. The van der Waals surface area contributed by atoms with Crippen LogP contribution < -0.4 is 4.90 Å². The lowest BCUT2D eigenvalue weighted by atomic mass is 10.2. The largest absolute Gasteiger partial charge is 0.372 e. The highest BCUT2D eigenvalue weighted by atomic mass is 19.1. The molecule has 0 heterocycles. The molecular weight excluding hydrogens is 209 g/mol. The van der Waals surface area contributed by atoms with Crippen LogP contribution in [0.2, 0.25) is 0 Å². The highest BCUT2D eigenvalue weighted by molar-refractivity contribution is 5.96. The summed E-state index contributed by atoms with van der Waals surface area (Å²) < 4.78 is 18.0. The molecule has 0 aliphatic rings. The Bertz CT molecular complexity index is 368. The van der Waals surface area contributed by atoms with Crippen molar-refractivity contribution in [3.63, 3.8) is 0 Å². The molecule has 1 aromatic rings. The van der Waals surface area contributed by atoms with Gasteiger partial charge in [-0.1, -0.05) is 6.07 Å². The molecule has 1 atom stereocenters. The fraction of sp³-hybridized carbons (Fsp3) is 0.417. The van der Waals surface area contributed by atoms with Gasteiger partial charge in [0, 0.05) is 19.3 Å². The van der Waals surface area contributed by atoms with Crippen LogP contribution >= 0.6 is 0 Å².